The van der Waals surface area contributed by atoms with E-state index in [9.17, 15) is 4.39 Å². The van der Waals surface area contributed by atoms with Gasteiger partial charge < -0.3 is 5.43 Å². The van der Waals surface area contributed by atoms with Crippen molar-refractivity contribution in [3.05, 3.63) is 63.4 Å². The van der Waals surface area contributed by atoms with E-state index in [4.69, 9.17) is 0 Å². The summed E-state index contributed by atoms with van der Waals surface area (Å²) in [7, 11) is 0. The van der Waals surface area contributed by atoms with Crippen molar-refractivity contribution >= 4 is 21.6 Å². The molecule has 0 aromatic heterocycles. The molecular formula is C15H16BrFN2. The smallest absolute Gasteiger partial charge is 0.137 e. The van der Waals surface area contributed by atoms with E-state index in [1.807, 2.05) is 44.2 Å². The number of para-hydroxylation sites is 1. The van der Waals surface area contributed by atoms with E-state index >= 15 is 0 Å². The lowest BCUT2D eigenvalue weighted by Gasteiger charge is -2.14. The first-order chi connectivity index (χ1) is 9.09. The number of anilines is 1. The summed E-state index contributed by atoms with van der Waals surface area (Å²) in [5, 5.41) is 0. The zero-order valence-electron chi connectivity index (χ0n) is 10.9. The fourth-order valence-electron chi connectivity index (χ4n) is 1.98. The largest absolute Gasteiger partial charge is 0.321 e. The lowest BCUT2D eigenvalue weighted by molar-refractivity contribution is 0.615. The number of aryl methyl sites for hydroxylation is 1. The Morgan fingerprint density at radius 1 is 1.16 bits per heavy atom. The second-order valence-electron chi connectivity index (χ2n) is 4.44. The standard InChI is InChI=1S/C15H16BrFN2/c1-10-8-14(17)15(16)11(2)13(10)9-18-19-12-6-4-3-5-7-12/h3-8,18-19H,9H2,1-2H3. The van der Waals surface area contributed by atoms with Gasteiger partial charge in [-0.05, 0) is 64.7 Å². The zero-order chi connectivity index (χ0) is 13.8. The summed E-state index contributed by atoms with van der Waals surface area (Å²) >= 11 is 3.28. The molecule has 0 heterocycles. The van der Waals surface area contributed by atoms with Crippen LogP contribution in [-0.4, -0.2) is 0 Å². The van der Waals surface area contributed by atoms with Crippen LogP contribution in [0.3, 0.4) is 0 Å². The third kappa shape index (κ3) is 3.33. The average molecular weight is 323 g/mol. The van der Waals surface area contributed by atoms with Crippen LogP contribution >= 0.6 is 15.9 Å². The van der Waals surface area contributed by atoms with Crippen molar-refractivity contribution in [1.82, 2.24) is 5.43 Å². The second kappa shape index (κ2) is 6.17. The van der Waals surface area contributed by atoms with Gasteiger partial charge in [-0.25, -0.2) is 9.82 Å². The summed E-state index contributed by atoms with van der Waals surface area (Å²) in [6.07, 6.45) is 0. The molecule has 0 saturated carbocycles. The molecule has 2 nitrogen and oxygen atoms in total. The fraction of sp³-hybridized carbons (Fsp3) is 0.200. The van der Waals surface area contributed by atoms with Gasteiger partial charge in [-0.2, -0.15) is 0 Å². The maximum Gasteiger partial charge on any atom is 0.137 e. The van der Waals surface area contributed by atoms with Gasteiger partial charge in [-0.3, -0.25) is 0 Å². The lowest BCUT2D eigenvalue weighted by Crippen LogP contribution is -2.22. The number of benzene rings is 2. The highest BCUT2D eigenvalue weighted by molar-refractivity contribution is 9.10. The van der Waals surface area contributed by atoms with E-state index in [1.165, 1.54) is 0 Å². The van der Waals surface area contributed by atoms with Crippen LogP contribution in [-0.2, 0) is 6.54 Å². The third-order valence-electron chi connectivity index (χ3n) is 3.08. The van der Waals surface area contributed by atoms with Gasteiger partial charge in [0.05, 0.1) is 4.47 Å². The molecule has 0 unspecified atom stereocenters. The molecular weight excluding hydrogens is 307 g/mol. The Hall–Kier alpha value is -1.39. The molecule has 0 atom stereocenters. The Morgan fingerprint density at radius 3 is 2.53 bits per heavy atom. The number of nitrogens with one attached hydrogen (secondary N) is 2. The molecule has 0 fully saturated rings. The number of rotatable bonds is 4. The van der Waals surface area contributed by atoms with E-state index in [0.29, 0.717) is 11.0 Å². The predicted molar refractivity (Wildman–Crippen MR) is 80.5 cm³/mol. The quantitative estimate of drug-likeness (QED) is 0.819. The minimum Gasteiger partial charge on any atom is -0.321 e. The number of halogens is 2. The molecule has 0 spiro atoms. The molecule has 2 aromatic rings. The van der Waals surface area contributed by atoms with Crippen LogP contribution in [0.1, 0.15) is 16.7 Å². The van der Waals surface area contributed by atoms with Crippen LogP contribution in [0.15, 0.2) is 40.9 Å². The van der Waals surface area contributed by atoms with Crippen LogP contribution in [0, 0.1) is 19.7 Å². The van der Waals surface area contributed by atoms with E-state index in [0.717, 1.165) is 22.4 Å². The van der Waals surface area contributed by atoms with Gasteiger partial charge in [-0.1, -0.05) is 18.2 Å². The molecule has 0 aliphatic carbocycles. The molecule has 0 bridgehead atoms. The van der Waals surface area contributed by atoms with E-state index in [1.54, 1.807) is 6.07 Å². The number of hydrogen-bond donors (Lipinski definition) is 2. The molecule has 19 heavy (non-hydrogen) atoms. The van der Waals surface area contributed by atoms with E-state index in [2.05, 4.69) is 26.8 Å². The first-order valence-corrected chi connectivity index (χ1v) is 6.87. The Balaban J connectivity index is 2.06. The maximum atomic E-state index is 13.5. The topological polar surface area (TPSA) is 24.1 Å². The van der Waals surface area contributed by atoms with Crippen molar-refractivity contribution in [2.45, 2.75) is 20.4 Å². The minimum absolute atomic E-state index is 0.213. The second-order valence-corrected chi connectivity index (χ2v) is 5.23. The Morgan fingerprint density at radius 2 is 1.84 bits per heavy atom. The van der Waals surface area contributed by atoms with Crippen molar-refractivity contribution in [2.75, 3.05) is 5.43 Å². The van der Waals surface area contributed by atoms with Crippen LogP contribution in [0.25, 0.3) is 0 Å². The summed E-state index contributed by atoms with van der Waals surface area (Å²) in [5.74, 6) is -0.213. The molecule has 0 saturated heterocycles. The molecule has 2 aromatic carbocycles. The Kier molecular flexibility index (Phi) is 4.56. The normalized spacial score (nSPS) is 10.5. The van der Waals surface area contributed by atoms with E-state index < -0.39 is 0 Å². The summed E-state index contributed by atoms with van der Waals surface area (Å²) in [4.78, 5) is 0. The fourth-order valence-corrected chi connectivity index (χ4v) is 2.33. The number of hydrogen-bond acceptors (Lipinski definition) is 2. The van der Waals surface area contributed by atoms with E-state index in [-0.39, 0.29) is 5.82 Å². The Bertz CT molecular complexity index is 570. The molecule has 0 radical (unpaired) electrons. The monoisotopic (exact) mass is 322 g/mol. The zero-order valence-corrected chi connectivity index (χ0v) is 12.5. The van der Waals surface area contributed by atoms with Crippen molar-refractivity contribution in [2.24, 2.45) is 0 Å². The highest BCUT2D eigenvalue weighted by atomic mass is 79.9. The van der Waals surface area contributed by atoms with Crippen LogP contribution in [0.5, 0.6) is 0 Å². The van der Waals surface area contributed by atoms with Gasteiger partial charge in [0.2, 0.25) is 0 Å². The van der Waals surface area contributed by atoms with Gasteiger partial charge >= 0.3 is 0 Å². The SMILES string of the molecule is Cc1cc(F)c(Br)c(C)c1CNNc1ccccc1. The van der Waals surface area contributed by atoms with Gasteiger partial charge in [0.25, 0.3) is 0 Å². The highest BCUT2D eigenvalue weighted by Gasteiger charge is 2.10. The molecule has 0 amide bonds. The molecule has 0 aliphatic heterocycles. The Labute approximate surface area is 121 Å². The number of hydrazine groups is 1. The summed E-state index contributed by atoms with van der Waals surface area (Å²) in [5.41, 5.74) is 10.2. The maximum absolute atomic E-state index is 13.5. The molecule has 4 heteroatoms. The minimum atomic E-state index is -0.213. The highest BCUT2D eigenvalue weighted by Crippen LogP contribution is 2.26. The predicted octanol–water partition coefficient (Wildman–Crippen LogP) is 4.32. The van der Waals surface area contributed by atoms with Crippen molar-refractivity contribution in [1.29, 1.82) is 0 Å². The molecule has 2 rings (SSSR count). The molecule has 100 valence electrons. The summed E-state index contributed by atoms with van der Waals surface area (Å²) in [6, 6.07) is 11.4. The van der Waals surface area contributed by atoms with Crippen LogP contribution in [0.2, 0.25) is 0 Å². The van der Waals surface area contributed by atoms with Gasteiger partial charge in [0.15, 0.2) is 0 Å². The van der Waals surface area contributed by atoms with Crippen LogP contribution < -0.4 is 10.9 Å². The first-order valence-electron chi connectivity index (χ1n) is 6.07. The average Bonchev–Trinajstić information content (AvgIpc) is 2.41. The third-order valence-corrected chi connectivity index (χ3v) is 4.06. The van der Waals surface area contributed by atoms with Crippen molar-refractivity contribution in [3.63, 3.8) is 0 Å². The molecule has 2 N–H and O–H groups in total. The van der Waals surface area contributed by atoms with Crippen molar-refractivity contribution < 1.29 is 4.39 Å². The van der Waals surface area contributed by atoms with Gasteiger partial charge in [-0.15, -0.1) is 0 Å². The summed E-state index contributed by atoms with van der Waals surface area (Å²) < 4.78 is 14.1. The van der Waals surface area contributed by atoms with Crippen molar-refractivity contribution in [3.8, 4) is 0 Å². The molecule has 0 aliphatic rings. The van der Waals surface area contributed by atoms with Crippen LogP contribution in [0.4, 0.5) is 10.1 Å². The van der Waals surface area contributed by atoms with Gasteiger partial charge in [0.1, 0.15) is 5.82 Å². The summed E-state index contributed by atoms with van der Waals surface area (Å²) in [6.45, 7) is 4.47. The first kappa shape index (κ1) is 14.0. The lowest BCUT2D eigenvalue weighted by atomic mass is 10.0. The van der Waals surface area contributed by atoms with Gasteiger partial charge in [0, 0.05) is 12.2 Å².